The summed E-state index contributed by atoms with van der Waals surface area (Å²) in [7, 11) is 0. The van der Waals surface area contributed by atoms with E-state index in [4.69, 9.17) is 15.2 Å². The minimum absolute atomic E-state index is 0.0505. The molecule has 2 aliphatic rings. The van der Waals surface area contributed by atoms with E-state index in [1.54, 1.807) is 0 Å². The van der Waals surface area contributed by atoms with Gasteiger partial charge in [-0.2, -0.15) is 0 Å². The van der Waals surface area contributed by atoms with Crippen molar-refractivity contribution in [2.75, 3.05) is 6.61 Å². The molecule has 1 saturated carbocycles. The van der Waals surface area contributed by atoms with E-state index >= 15 is 0 Å². The molecule has 2 unspecified atom stereocenters. The summed E-state index contributed by atoms with van der Waals surface area (Å²) in [5.41, 5.74) is 8.90. The summed E-state index contributed by atoms with van der Waals surface area (Å²) >= 11 is 0. The van der Waals surface area contributed by atoms with Crippen LogP contribution < -0.4 is 5.73 Å². The van der Waals surface area contributed by atoms with Crippen LogP contribution in [0.1, 0.15) is 50.8 Å². The zero-order valence-corrected chi connectivity index (χ0v) is 12.0. The Morgan fingerprint density at radius 3 is 2.26 bits per heavy atom. The molecule has 3 rings (SSSR count). The van der Waals surface area contributed by atoms with Crippen molar-refractivity contribution in [1.29, 1.82) is 0 Å². The molecular weight excluding hydrogens is 238 g/mol. The van der Waals surface area contributed by atoms with Gasteiger partial charge in [0.05, 0.1) is 6.61 Å². The number of rotatable bonds is 3. The molecule has 0 spiro atoms. The molecule has 1 aliphatic heterocycles. The summed E-state index contributed by atoms with van der Waals surface area (Å²) in [4.78, 5) is 0. The highest BCUT2D eigenvalue weighted by molar-refractivity contribution is 5.36. The molecule has 2 fully saturated rings. The topological polar surface area (TPSA) is 44.5 Å². The highest BCUT2D eigenvalue weighted by Gasteiger charge is 2.47. The molecule has 2 atom stereocenters. The maximum atomic E-state index is 6.12. The van der Waals surface area contributed by atoms with Crippen LogP contribution in [0, 0.1) is 0 Å². The number of hydrogen-bond acceptors (Lipinski definition) is 3. The van der Waals surface area contributed by atoms with Crippen molar-refractivity contribution in [3.05, 3.63) is 35.4 Å². The Labute approximate surface area is 115 Å². The van der Waals surface area contributed by atoms with Crippen LogP contribution in [0.15, 0.2) is 24.3 Å². The van der Waals surface area contributed by atoms with Gasteiger partial charge in [-0.1, -0.05) is 24.3 Å². The number of benzene rings is 1. The third-order valence-corrected chi connectivity index (χ3v) is 4.53. The molecule has 1 aromatic carbocycles. The summed E-state index contributed by atoms with van der Waals surface area (Å²) in [5.74, 6) is -0.465. The predicted molar refractivity (Wildman–Crippen MR) is 74.9 cm³/mol. The van der Waals surface area contributed by atoms with Crippen LogP contribution in [0.2, 0.25) is 0 Å². The van der Waals surface area contributed by atoms with E-state index in [1.165, 1.54) is 24.0 Å². The first-order valence-electron chi connectivity index (χ1n) is 7.11. The highest BCUT2D eigenvalue weighted by Crippen LogP contribution is 2.50. The van der Waals surface area contributed by atoms with Crippen LogP contribution in [0.5, 0.6) is 0 Å². The molecule has 0 amide bonds. The van der Waals surface area contributed by atoms with Crippen molar-refractivity contribution in [2.45, 2.75) is 57.0 Å². The standard InChI is InChI=1S/C16H23NO2/c1-11(17)16(8-9-16)13-6-4-12(5-7-13)14-10-18-15(2,3)19-14/h4-7,11,14H,8-10,17H2,1-3H3. The molecule has 104 valence electrons. The van der Waals surface area contributed by atoms with Gasteiger partial charge in [-0.15, -0.1) is 0 Å². The van der Waals surface area contributed by atoms with Crippen molar-refractivity contribution >= 4 is 0 Å². The van der Waals surface area contributed by atoms with Gasteiger partial charge >= 0.3 is 0 Å². The first-order chi connectivity index (χ1) is 8.93. The van der Waals surface area contributed by atoms with E-state index in [9.17, 15) is 0 Å². The summed E-state index contributed by atoms with van der Waals surface area (Å²) < 4.78 is 11.5. The largest absolute Gasteiger partial charge is 0.347 e. The minimum atomic E-state index is -0.465. The molecule has 19 heavy (non-hydrogen) atoms. The molecule has 1 aliphatic carbocycles. The first kappa shape index (κ1) is 13.1. The van der Waals surface area contributed by atoms with Gasteiger partial charge in [0, 0.05) is 11.5 Å². The van der Waals surface area contributed by atoms with Crippen LogP contribution >= 0.6 is 0 Å². The highest BCUT2D eigenvalue weighted by atomic mass is 16.7. The van der Waals surface area contributed by atoms with E-state index in [0.717, 1.165) is 0 Å². The van der Waals surface area contributed by atoms with Crippen molar-refractivity contribution in [2.24, 2.45) is 5.73 Å². The van der Waals surface area contributed by atoms with Crippen LogP contribution in [-0.4, -0.2) is 18.4 Å². The Morgan fingerprint density at radius 1 is 1.21 bits per heavy atom. The Hall–Kier alpha value is -0.900. The summed E-state index contributed by atoms with van der Waals surface area (Å²) in [6.45, 7) is 6.65. The number of nitrogens with two attached hydrogens (primary N) is 1. The van der Waals surface area contributed by atoms with Gasteiger partial charge in [-0.25, -0.2) is 0 Å². The normalized spacial score (nSPS) is 29.2. The second-order valence-electron chi connectivity index (χ2n) is 6.38. The molecule has 2 N–H and O–H groups in total. The minimum Gasteiger partial charge on any atom is -0.347 e. The molecule has 0 bridgehead atoms. The summed E-state index contributed by atoms with van der Waals surface area (Å²) in [6, 6.07) is 8.96. The lowest BCUT2D eigenvalue weighted by molar-refractivity contribution is -0.139. The Kier molecular flexibility index (Phi) is 2.97. The number of hydrogen-bond donors (Lipinski definition) is 1. The molecule has 0 radical (unpaired) electrons. The van der Waals surface area contributed by atoms with Gasteiger partial charge < -0.3 is 15.2 Å². The van der Waals surface area contributed by atoms with Gasteiger partial charge in [-0.3, -0.25) is 0 Å². The Balaban J connectivity index is 1.77. The maximum absolute atomic E-state index is 6.12. The second-order valence-corrected chi connectivity index (χ2v) is 6.38. The first-order valence-corrected chi connectivity index (χ1v) is 7.11. The van der Waals surface area contributed by atoms with Gasteiger partial charge in [0.2, 0.25) is 0 Å². The Morgan fingerprint density at radius 2 is 1.84 bits per heavy atom. The van der Waals surface area contributed by atoms with Crippen molar-refractivity contribution in [3.8, 4) is 0 Å². The third kappa shape index (κ3) is 2.31. The molecule has 3 heteroatoms. The fourth-order valence-electron chi connectivity index (χ4n) is 3.02. The lowest BCUT2D eigenvalue weighted by atomic mass is 9.88. The third-order valence-electron chi connectivity index (χ3n) is 4.53. The van der Waals surface area contributed by atoms with Crippen LogP contribution in [0.4, 0.5) is 0 Å². The van der Waals surface area contributed by atoms with Crippen molar-refractivity contribution < 1.29 is 9.47 Å². The lowest BCUT2D eigenvalue weighted by Gasteiger charge is -2.21. The zero-order valence-electron chi connectivity index (χ0n) is 12.0. The van der Waals surface area contributed by atoms with Gasteiger partial charge in [0.15, 0.2) is 5.79 Å². The molecule has 0 aromatic heterocycles. The average Bonchev–Trinajstić information content (AvgIpc) is 3.10. The lowest BCUT2D eigenvalue weighted by Crippen LogP contribution is -2.31. The molecule has 3 nitrogen and oxygen atoms in total. The molecule has 1 saturated heterocycles. The van der Waals surface area contributed by atoms with E-state index in [-0.39, 0.29) is 17.6 Å². The quantitative estimate of drug-likeness (QED) is 0.910. The van der Waals surface area contributed by atoms with E-state index in [2.05, 4.69) is 31.2 Å². The number of ether oxygens (including phenoxy) is 2. The van der Waals surface area contributed by atoms with E-state index in [1.807, 2.05) is 13.8 Å². The van der Waals surface area contributed by atoms with Gasteiger partial charge in [-0.05, 0) is 44.7 Å². The van der Waals surface area contributed by atoms with Gasteiger partial charge in [0.25, 0.3) is 0 Å². The van der Waals surface area contributed by atoms with E-state index in [0.29, 0.717) is 6.61 Å². The summed E-state index contributed by atoms with van der Waals surface area (Å²) in [6.07, 6.45) is 2.47. The fraction of sp³-hybridized carbons (Fsp3) is 0.625. The maximum Gasteiger partial charge on any atom is 0.163 e. The SMILES string of the molecule is CC(N)C1(c2ccc(C3COC(C)(C)O3)cc2)CC1. The van der Waals surface area contributed by atoms with Crippen LogP contribution in [0.3, 0.4) is 0 Å². The fourth-order valence-corrected chi connectivity index (χ4v) is 3.02. The second kappa shape index (κ2) is 4.30. The molecular formula is C16H23NO2. The van der Waals surface area contributed by atoms with Gasteiger partial charge in [0.1, 0.15) is 6.10 Å². The zero-order chi connectivity index (χ0) is 13.7. The summed E-state index contributed by atoms with van der Waals surface area (Å²) in [5, 5.41) is 0. The average molecular weight is 261 g/mol. The smallest absolute Gasteiger partial charge is 0.163 e. The van der Waals surface area contributed by atoms with Crippen molar-refractivity contribution in [1.82, 2.24) is 0 Å². The molecule has 1 aromatic rings. The van der Waals surface area contributed by atoms with E-state index < -0.39 is 5.79 Å². The Bertz CT molecular complexity index is 460. The van der Waals surface area contributed by atoms with Crippen molar-refractivity contribution in [3.63, 3.8) is 0 Å². The van der Waals surface area contributed by atoms with Crippen LogP contribution in [-0.2, 0) is 14.9 Å². The molecule has 1 heterocycles. The monoisotopic (exact) mass is 261 g/mol. The van der Waals surface area contributed by atoms with Crippen LogP contribution in [0.25, 0.3) is 0 Å². The predicted octanol–water partition coefficient (Wildman–Crippen LogP) is 2.89.